The van der Waals surface area contributed by atoms with Gasteiger partial charge in [0.15, 0.2) is 0 Å². The smallest absolute Gasteiger partial charge is 0.257 e. The van der Waals surface area contributed by atoms with Crippen LogP contribution in [0.2, 0.25) is 0 Å². The topological polar surface area (TPSA) is 59.0 Å². The van der Waals surface area contributed by atoms with Crippen LogP contribution >= 0.6 is 0 Å². The van der Waals surface area contributed by atoms with Crippen molar-refractivity contribution in [2.24, 2.45) is 0 Å². The van der Waals surface area contributed by atoms with E-state index in [1.165, 1.54) is 0 Å². The highest BCUT2D eigenvalue weighted by molar-refractivity contribution is 5.97. The SMILES string of the molecule is COCCN(C[C@H]1CCCO1)C(=O)c1cc(C(C)C)cc(C(C)C)c1O. The van der Waals surface area contributed by atoms with E-state index in [-0.39, 0.29) is 29.6 Å². The summed E-state index contributed by atoms with van der Waals surface area (Å²) in [5.74, 6) is 0.375. The molecule has 1 fully saturated rings. The molecule has 0 saturated carbocycles. The Morgan fingerprint density at radius 2 is 2.04 bits per heavy atom. The number of hydrogen-bond donors (Lipinski definition) is 1. The van der Waals surface area contributed by atoms with Crippen molar-refractivity contribution in [2.75, 3.05) is 33.4 Å². The van der Waals surface area contributed by atoms with Crippen LogP contribution in [0.25, 0.3) is 0 Å². The third kappa shape index (κ3) is 4.98. The maximum absolute atomic E-state index is 13.3. The first-order valence-electron chi connectivity index (χ1n) is 9.61. The van der Waals surface area contributed by atoms with Crippen LogP contribution in [0, 0.1) is 0 Å². The number of methoxy groups -OCH3 is 1. The van der Waals surface area contributed by atoms with E-state index in [1.807, 2.05) is 26.0 Å². The van der Waals surface area contributed by atoms with Gasteiger partial charge in [0.1, 0.15) is 5.75 Å². The van der Waals surface area contributed by atoms with Gasteiger partial charge in [0.2, 0.25) is 0 Å². The zero-order valence-electron chi connectivity index (χ0n) is 16.7. The van der Waals surface area contributed by atoms with E-state index in [1.54, 1.807) is 12.0 Å². The van der Waals surface area contributed by atoms with Crippen LogP contribution in [-0.2, 0) is 9.47 Å². The van der Waals surface area contributed by atoms with Gasteiger partial charge in [0, 0.05) is 26.8 Å². The Labute approximate surface area is 157 Å². The van der Waals surface area contributed by atoms with Crippen molar-refractivity contribution in [1.29, 1.82) is 0 Å². The maximum atomic E-state index is 13.3. The molecule has 1 saturated heterocycles. The first-order valence-corrected chi connectivity index (χ1v) is 9.61. The number of rotatable bonds is 8. The van der Waals surface area contributed by atoms with Crippen LogP contribution in [0.4, 0.5) is 0 Å². The lowest BCUT2D eigenvalue weighted by Gasteiger charge is -2.27. The predicted molar refractivity (Wildman–Crippen MR) is 103 cm³/mol. The first-order chi connectivity index (χ1) is 12.3. The van der Waals surface area contributed by atoms with Crippen molar-refractivity contribution in [3.8, 4) is 5.75 Å². The van der Waals surface area contributed by atoms with Gasteiger partial charge in [-0.25, -0.2) is 0 Å². The average Bonchev–Trinajstić information content (AvgIpc) is 3.10. The minimum absolute atomic E-state index is 0.0656. The van der Waals surface area contributed by atoms with E-state index in [0.29, 0.717) is 25.3 Å². The Kier molecular flexibility index (Phi) is 7.47. The normalized spacial score (nSPS) is 17.3. The highest BCUT2D eigenvalue weighted by atomic mass is 16.5. The van der Waals surface area contributed by atoms with Crippen LogP contribution in [-0.4, -0.2) is 55.4 Å². The number of amides is 1. The third-order valence-electron chi connectivity index (χ3n) is 4.98. The monoisotopic (exact) mass is 363 g/mol. The quantitative estimate of drug-likeness (QED) is 0.761. The van der Waals surface area contributed by atoms with Gasteiger partial charge in [-0.3, -0.25) is 4.79 Å². The number of benzene rings is 1. The fourth-order valence-corrected chi connectivity index (χ4v) is 3.30. The molecule has 5 heteroatoms. The zero-order chi connectivity index (χ0) is 19.3. The minimum Gasteiger partial charge on any atom is -0.507 e. The molecule has 0 aliphatic carbocycles. The summed E-state index contributed by atoms with van der Waals surface area (Å²) in [6.45, 7) is 10.5. The van der Waals surface area contributed by atoms with Crippen molar-refractivity contribution in [3.05, 3.63) is 28.8 Å². The molecule has 0 aromatic heterocycles. The van der Waals surface area contributed by atoms with E-state index in [2.05, 4.69) is 13.8 Å². The second kappa shape index (κ2) is 9.38. The molecule has 2 rings (SSSR count). The molecular formula is C21H33NO4. The number of phenols is 1. The molecule has 0 unspecified atom stereocenters. The fourth-order valence-electron chi connectivity index (χ4n) is 3.30. The van der Waals surface area contributed by atoms with Crippen molar-refractivity contribution in [3.63, 3.8) is 0 Å². The minimum atomic E-state index is -0.153. The van der Waals surface area contributed by atoms with Gasteiger partial charge < -0.3 is 19.5 Å². The summed E-state index contributed by atoms with van der Waals surface area (Å²) in [6, 6.07) is 3.85. The number of phenolic OH excluding ortho intramolecular Hbond substituents is 1. The van der Waals surface area contributed by atoms with Gasteiger partial charge in [-0.1, -0.05) is 33.8 Å². The van der Waals surface area contributed by atoms with Crippen LogP contribution in [0.1, 0.15) is 73.9 Å². The molecule has 1 atom stereocenters. The van der Waals surface area contributed by atoms with Crippen molar-refractivity contribution < 1.29 is 19.4 Å². The second-order valence-electron chi connectivity index (χ2n) is 7.69. The molecular weight excluding hydrogens is 330 g/mol. The highest BCUT2D eigenvalue weighted by Gasteiger charge is 2.27. The number of carbonyl (C=O) groups is 1. The molecule has 1 N–H and O–H groups in total. The summed E-state index contributed by atoms with van der Waals surface area (Å²) >= 11 is 0. The molecule has 146 valence electrons. The number of hydrogen-bond acceptors (Lipinski definition) is 4. The van der Waals surface area contributed by atoms with Crippen molar-refractivity contribution in [1.82, 2.24) is 4.90 Å². The Bertz CT molecular complexity index is 606. The Balaban J connectivity index is 2.35. The summed E-state index contributed by atoms with van der Waals surface area (Å²) in [5, 5.41) is 10.8. The van der Waals surface area contributed by atoms with Crippen LogP contribution in [0.3, 0.4) is 0 Å². The summed E-state index contributed by atoms with van der Waals surface area (Å²) in [7, 11) is 1.63. The lowest BCUT2D eigenvalue weighted by atomic mass is 9.91. The molecule has 0 spiro atoms. The summed E-state index contributed by atoms with van der Waals surface area (Å²) in [6.07, 6.45) is 2.06. The van der Waals surface area contributed by atoms with E-state index in [9.17, 15) is 9.90 Å². The number of ether oxygens (including phenoxy) is 2. The molecule has 1 aromatic rings. The van der Waals surface area contributed by atoms with E-state index >= 15 is 0 Å². The van der Waals surface area contributed by atoms with Gasteiger partial charge in [0.05, 0.1) is 18.3 Å². The molecule has 1 aliphatic heterocycles. The lowest BCUT2D eigenvalue weighted by molar-refractivity contribution is 0.0453. The number of carbonyl (C=O) groups excluding carboxylic acids is 1. The van der Waals surface area contributed by atoms with Crippen LogP contribution < -0.4 is 0 Å². The molecule has 1 heterocycles. The van der Waals surface area contributed by atoms with Crippen molar-refractivity contribution >= 4 is 5.91 Å². The summed E-state index contributed by atoms with van der Waals surface area (Å²) in [4.78, 5) is 15.0. The Morgan fingerprint density at radius 1 is 1.31 bits per heavy atom. The lowest BCUT2D eigenvalue weighted by Crippen LogP contribution is -2.39. The number of nitrogens with zero attached hydrogens (tertiary/aromatic N) is 1. The van der Waals surface area contributed by atoms with Gasteiger partial charge in [-0.15, -0.1) is 0 Å². The molecule has 1 amide bonds. The van der Waals surface area contributed by atoms with Crippen molar-refractivity contribution in [2.45, 2.75) is 58.5 Å². The molecule has 0 radical (unpaired) electrons. The van der Waals surface area contributed by atoms with Gasteiger partial charge in [0.25, 0.3) is 5.91 Å². The second-order valence-corrected chi connectivity index (χ2v) is 7.69. The molecule has 0 bridgehead atoms. The molecule has 1 aromatic carbocycles. The summed E-state index contributed by atoms with van der Waals surface area (Å²) < 4.78 is 10.9. The predicted octanol–water partition coefficient (Wildman–Crippen LogP) is 3.91. The Hall–Kier alpha value is -1.59. The first kappa shape index (κ1) is 20.7. The maximum Gasteiger partial charge on any atom is 0.257 e. The van der Waals surface area contributed by atoms with Crippen LogP contribution in [0.5, 0.6) is 5.75 Å². The molecule has 26 heavy (non-hydrogen) atoms. The molecule has 5 nitrogen and oxygen atoms in total. The zero-order valence-corrected chi connectivity index (χ0v) is 16.7. The van der Waals surface area contributed by atoms with Crippen LogP contribution in [0.15, 0.2) is 12.1 Å². The van der Waals surface area contributed by atoms with Gasteiger partial charge in [-0.2, -0.15) is 0 Å². The van der Waals surface area contributed by atoms with Gasteiger partial charge >= 0.3 is 0 Å². The molecule has 1 aliphatic rings. The summed E-state index contributed by atoms with van der Waals surface area (Å²) in [5.41, 5.74) is 2.27. The van der Waals surface area contributed by atoms with E-state index < -0.39 is 0 Å². The van der Waals surface area contributed by atoms with E-state index in [0.717, 1.165) is 30.6 Å². The average molecular weight is 363 g/mol. The highest BCUT2D eigenvalue weighted by Crippen LogP contribution is 2.34. The third-order valence-corrected chi connectivity index (χ3v) is 4.98. The van der Waals surface area contributed by atoms with E-state index in [4.69, 9.17) is 9.47 Å². The Morgan fingerprint density at radius 3 is 2.58 bits per heavy atom. The standard InChI is InChI=1S/C21H33NO4/c1-14(2)16-11-18(15(3)4)20(23)19(12-16)21(24)22(8-10-25-5)13-17-7-6-9-26-17/h11-12,14-15,17,23H,6-10,13H2,1-5H3/t17-/m1/s1. The largest absolute Gasteiger partial charge is 0.507 e. The number of aromatic hydroxyl groups is 1. The fraction of sp³-hybridized carbons (Fsp3) is 0.667. The van der Waals surface area contributed by atoms with Gasteiger partial charge in [-0.05, 0) is 41.9 Å².